The van der Waals surface area contributed by atoms with Crippen LogP contribution >= 0.6 is 0 Å². The van der Waals surface area contributed by atoms with Crippen molar-refractivity contribution >= 4 is 60.4 Å². The quantitative estimate of drug-likeness (QED) is 0.163. The smallest absolute Gasteiger partial charge is 0.0547 e. The van der Waals surface area contributed by atoms with Gasteiger partial charge in [-0.1, -0.05) is 166 Å². The lowest BCUT2D eigenvalue weighted by atomic mass is 9.82. The maximum atomic E-state index is 2.41. The van der Waals surface area contributed by atoms with Crippen LogP contribution in [0, 0.1) is 0 Å². The van der Waals surface area contributed by atoms with Gasteiger partial charge in [0.2, 0.25) is 0 Å². The van der Waals surface area contributed by atoms with E-state index in [2.05, 4.69) is 242 Å². The highest BCUT2D eigenvalue weighted by Crippen LogP contribution is 2.51. The van der Waals surface area contributed by atoms with Gasteiger partial charge in [0, 0.05) is 38.9 Å². The van der Waals surface area contributed by atoms with Crippen molar-refractivity contribution in [2.24, 2.45) is 0 Å². The van der Waals surface area contributed by atoms with Crippen LogP contribution in [0.3, 0.4) is 0 Å². The van der Waals surface area contributed by atoms with Crippen LogP contribution in [-0.4, -0.2) is 4.57 Å². The molecule has 0 saturated carbocycles. The first-order chi connectivity index (χ1) is 30.0. The van der Waals surface area contributed by atoms with E-state index in [0.717, 1.165) is 22.7 Å². The first-order valence-corrected chi connectivity index (χ1v) is 21.3. The van der Waals surface area contributed by atoms with Gasteiger partial charge in [-0.3, -0.25) is 0 Å². The third-order valence-corrected chi connectivity index (χ3v) is 13.2. The third-order valence-electron chi connectivity index (χ3n) is 13.2. The van der Waals surface area contributed by atoms with Gasteiger partial charge in [-0.05, 0) is 133 Å². The summed E-state index contributed by atoms with van der Waals surface area (Å²) in [6.07, 6.45) is 0. The van der Waals surface area contributed by atoms with Gasteiger partial charge >= 0.3 is 0 Å². The van der Waals surface area contributed by atoms with E-state index >= 15 is 0 Å². The van der Waals surface area contributed by atoms with Gasteiger partial charge in [0.15, 0.2) is 0 Å². The highest BCUT2D eigenvalue weighted by molar-refractivity contribution is 6.21. The van der Waals surface area contributed by atoms with Crippen LogP contribution in [0.25, 0.3) is 82.4 Å². The number of nitrogens with zero attached hydrogens (tertiary/aromatic N) is 2. The van der Waals surface area contributed by atoms with Crippen LogP contribution in [-0.2, 0) is 5.41 Å². The lowest BCUT2D eigenvalue weighted by Crippen LogP contribution is -2.16. The van der Waals surface area contributed by atoms with E-state index in [1.807, 2.05) is 0 Å². The summed E-state index contributed by atoms with van der Waals surface area (Å²) in [6, 6.07) is 80.4. The second-order valence-corrected chi connectivity index (χ2v) is 17.0. The van der Waals surface area contributed by atoms with Crippen molar-refractivity contribution in [1.29, 1.82) is 0 Å². The molecule has 0 fully saturated rings. The minimum atomic E-state index is -0.101. The summed E-state index contributed by atoms with van der Waals surface area (Å²) < 4.78 is 2.41. The van der Waals surface area contributed by atoms with Gasteiger partial charge in [0.1, 0.15) is 0 Å². The van der Waals surface area contributed by atoms with E-state index in [4.69, 9.17) is 0 Å². The fraction of sp³-hybridized carbons (Fsp3) is 0.0508. The molecule has 2 heteroatoms. The molecule has 0 atom stereocenters. The number of anilines is 3. The van der Waals surface area contributed by atoms with Crippen LogP contribution in [0.2, 0.25) is 0 Å². The molecule has 1 aromatic heterocycles. The fourth-order valence-corrected chi connectivity index (χ4v) is 10.1. The highest BCUT2D eigenvalue weighted by Gasteiger charge is 2.35. The molecule has 0 saturated heterocycles. The Bertz CT molecular complexity index is 3480. The summed E-state index contributed by atoms with van der Waals surface area (Å²) in [5.41, 5.74) is 17.1. The van der Waals surface area contributed by atoms with Crippen LogP contribution in [0.1, 0.15) is 25.0 Å². The monoisotopic (exact) mass is 778 g/mol. The molecule has 0 amide bonds. The lowest BCUT2D eigenvalue weighted by Gasteiger charge is -2.28. The molecule has 0 aliphatic heterocycles. The number of hydrogen-bond acceptors (Lipinski definition) is 1. The number of aromatic nitrogens is 1. The molecule has 0 spiro atoms. The zero-order valence-corrected chi connectivity index (χ0v) is 34.2. The Labute approximate surface area is 356 Å². The summed E-state index contributed by atoms with van der Waals surface area (Å²) in [5, 5.41) is 7.64. The number of rotatable bonds is 6. The zero-order chi connectivity index (χ0) is 40.7. The van der Waals surface area contributed by atoms with Crippen LogP contribution in [0.15, 0.2) is 218 Å². The predicted molar refractivity (Wildman–Crippen MR) is 259 cm³/mol. The van der Waals surface area contributed by atoms with E-state index < -0.39 is 0 Å². The maximum Gasteiger partial charge on any atom is 0.0547 e. The molecule has 2 nitrogen and oxygen atoms in total. The molecular weight excluding hydrogens is 737 g/mol. The van der Waals surface area contributed by atoms with E-state index in [9.17, 15) is 0 Å². The second-order valence-electron chi connectivity index (χ2n) is 17.0. The topological polar surface area (TPSA) is 8.17 Å². The van der Waals surface area contributed by atoms with Crippen molar-refractivity contribution in [3.63, 3.8) is 0 Å². The van der Waals surface area contributed by atoms with Crippen molar-refractivity contribution in [2.75, 3.05) is 4.90 Å². The molecule has 61 heavy (non-hydrogen) atoms. The highest BCUT2D eigenvalue weighted by atomic mass is 15.1. The van der Waals surface area contributed by atoms with E-state index in [0.29, 0.717) is 0 Å². The molecule has 1 aliphatic carbocycles. The molecule has 0 N–H and O–H groups in total. The Hall–Kier alpha value is -7.68. The molecule has 11 aromatic rings. The molecule has 10 aromatic carbocycles. The molecule has 0 unspecified atom stereocenters. The molecule has 288 valence electrons. The Kier molecular flexibility index (Phi) is 7.92. The molecule has 1 heterocycles. The summed E-state index contributed by atoms with van der Waals surface area (Å²) in [7, 11) is 0. The largest absolute Gasteiger partial charge is 0.310 e. The lowest BCUT2D eigenvalue weighted by molar-refractivity contribution is 0.660. The van der Waals surface area contributed by atoms with E-state index in [-0.39, 0.29) is 5.41 Å². The maximum absolute atomic E-state index is 2.41. The van der Waals surface area contributed by atoms with Gasteiger partial charge in [-0.15, -0.1) is 0 Å². The molecule has 0 bridgehead atoms. The second kappa shape index (κ2) is 13.7. The summed E-state index contributed by atoms with van der Waals surface area (Å²) in [6.45, 7) is 4.71. The summed E-state index contributed by atoms with van der Waals surface area (Å²) in [5.74, 6) is 0. The SMILES string of the molecule is CC1(C)c2ccccc2-c2ccc(N(c3ccc(-c4ccc(-n5c6ccccc6c6c7ccccc7ccc65)cc4)cc3)c3ccc(-c4ccc5ccccc5c4)cc3)cc21. The average molecular weight is 779 g/mol. The van der Waals surface area contributed by atoms with Crippen LogP contribution in [0.4, 0.5) is 17.1 Å². The van der Waals surface area contributed by atoms with Crippen molar-refractivity contribution in [1.82, 2.24) is 4.57 Å². The average Bonchev–Trinajstić information content (AvgIpc) is 3.78. The van der Waals surface area contributed by atoms with Crippen molar-refractivity contribution < 1.29 is 0 Å². The molecule has 12 rings (SSSR count). The van der Waals surface area contributed by atoms with Crippen LogP contribution < -0.4 is 4.90 Å². The van der Waals surface area contributed by atoms with Gasteiger partial charge in [-0.25, -0.2) is 0 Å². The Morgan fingerprint density at radius 1 is 0.361 bits per heavy atom. The standard InChI is InChI=1S/C59H42N2/c1-59(2)54-17-9-7-15-51(54)52-35-34-49(38-55(52)59)60(47-30-25-42(26-31-47)45-20-19-39-11-3-4-13-44(39)37-45)46-28-21-40(22-29-46)41-23-32-48(33-24-41)61-56-18-10-8-16-53(56)58-50-14-6-5-12-43(50)27-36-57(58)61/h3-38H,1-2H3. The Morgan fingerprint density at radius 3 is 1.66 bits per heavy atom. The van der Waals surface area contributed by atoms with E-state index in [1.165, 1.54) is 87.9 Å². The van der Waals surface area contributed by atoms with Crippen molar-refractivity contribution in [3.05, 3.63) is 230 Å². The minimum absolute atomic E-state index is 0.101. The first-order valence-electron chi connectivity index (χ1n) is 21.3. The summed E-state index contributed by atoms with van der Waals surface area (Å²) >= 11 is 0. The number of para-hydroxylation sites is 1. The Morgan fingerprint density at radius 2 is 0.902 bits per heavy atom. The van der Waals surface area contributed by atoms with Gasteiger partial charge < -0.3 is 9.47 Å². The first kappa shape index (κ1) is 35.3. The predicted octanol–water partition coefficient (Wildman–Crippen LogP) is 16.2. The number of fused-ring (bicyclic) bond motifs is 9. The van der Waals surface area contributed by atoms with Gasteiger partial charge in [0.25, 0.3) is 0 Å². The van der Waals surface area contributed by atoms with Gasteiger partial charge in [-0.2, -0.15) is 0 Å². The number of benzene rings is 10. The number of hydrogen-bond donors (Lipinski definition) is 0. The van der Waals surface area contributed by atoms with Crippen molar-refractivity contribution in [3.8, 4) is 39.1 Å². The fourth-order valence-electron chi connectivity index (χ4n) is 10.1. The van der Waals surface area contributed by atoms with Crippen LogP contribution in [0.5, 0.6) is 0 Å². The molecule has 0 radical (unpaired) electrons. The Balaban J connectivity index is 0.919. The summed E-state index contributed by atoms with van der Waals surface area (Å²) in [4.78, 5) is 2.41. The minimum Gasteiger partial charge on any atom is -0.310 e. The third kappa shape index (κ3) is 5.64. The van der Waals surface area contributed by atoms with E-state index in [1.54, 1.807) is 0 Å². The molecular formula is C59H42N2. The normalized spacial score (nSPS) is 12.9. The zero-order valence-electron chi connectivity index (χ0n) is 34.2. The molecule has 1 aliphatic rings. The van der Waals surface area contributed by atoms with Gasteiger partial charge in [0.05, 0.1) is 11.0 Å². The van der Waals surface area contributed by atoms with Crippen molar-refractivity contribution in [2.45, 2.75) is 19.3 Å².